The predicted octanol–water partition coefficient (Wildman–Crippen LogP) is 4.75. The van der Waals surface area contributed by atoms with Gasteiger partial charge in [0.05, 0.1) is 0 Å². The van der Waals surface area contributed by atoms with E-state index in [4.69, 9.17) is 0 Å². The van der Waals surface area contributed by atoms with Crippen molar-refractivity contribution in [2.45, 2.75) is 65.2 Å². The molecule has 0 bridgehead atoms. The smallest absolute Gasteiger partial charge is 0.418 e. The summed E-state index contributed by atoms with van der Waals surface area (Å²) in [6.07, 6.45) is 9.78. The maximum absolute atomic E-state index is 11.2. The van der Waals surface area contributed by atoms with Crippen LogP contribution in [0.2, 0.25) is 0 Å². The van der Waals surface area contributed by atoms with Crippen LogP contribution < -0.4 is 10.6 Å². The lowest BCUT2D eigenvalue weighted by molar-refractivity contribution is 0.240. The first kappa shape index (κ1) is 22.3. The van der Waals surface area contributed by atoms with E-state index in [0.29, 0.717) is 0 Å². The second-order valence-electron chi connectivity index (χ2n) is 4.80. The summed E-state index contributed by atoms with van der Waals surface area (Å²) >= 11 is 0. The highest BCUT2D eigenvalue weighted by molar-refractivity contribution is 6.50. The van der Waals surface area contributed by atoms with Gasteiger partial charge in [0.1, 0.15) is 0 Å². The Labute approximate surface area is 125 Å². The Kier molecular flexibility index (Phi) is 16.4. The topological polar surface area (TPSA) is 41.1 Å². The van der Waals surface area contributed by atoms with E-state index in [9.17, 15) is 22.1 Å². The average Bonchev–Trinajstić information content (AvgIpc) is 2.36. The Morgan fingerprint density at radius 1 is 0.762 bits per heavy atom. The molecule has 0 rings (SSSR count). The van der Waals surface area contributed by atoms with Crippen LogP contribution in [0.3, 0.4) is 0 Å². The molecule has 0 saturated heterocycles. The molecule has 3 nitrogen and oxygen atoms in total. The highest BCUT2D eigenvalue weighted by atomic mass is 19.5. The molecule has 0 aliphatic heterocycles. The normalized spacial score (nSPS) is 10.6. The van der Waals surface area contributed by atoms with E-state index in [1.807, 2.05) is 0 Å². The summed E-state index contributed by atoms with van der Waals surface area (Å²) in [6.45, 7) is 5.95. The zero-order chi connectivity index (χ0) is 16.6. The van der Waals surface area contributed by atoms with Gasteiger partial charge in [-0.1, -0.05) is 52.4 Å². The molecule has 0 spiro atoms. The third-order valence-corrected chi connectivity index (χ3v) is 2.63. The standard InChI is InChI=1S/C13H28N2O.BF4/c1-3-5-7-8-9-10-12-15-13(16)14-11-6-4-2;2-1(3,4)5/h3-12H2,1-2H3,(H2,14,15,16);/q;-1. The molecule has 0 radical (unpaired) electrons. The van der Waals surface area contributed by atoms with Gasteiger partial charge in [-0.2, -0.15) is 0 Å². The van der Waals surface area contributed by atoms with Crippen LogP contribution in [-0.2, 0) is 0 Å². The van der Waals surface area contributed by atoms with Crippen molar-refractivity contribution in [3.63, 3.8) is 0 Å². The zero-order valence-electron chi connectivity index (χ0n) is 13.1. The van der Waals surface area contributed by atoms with Gasteiger partial charge in [0.25, 0.3) is 0 Å². The first-order valence-electron chi connectivity index (χ1n) is 7.70. The van der Waals surface area contributed by atoms with Crippen molar-refractivity contribution in [2.75, 3.05) is 13.1 Å². The largest absolute Gasteiger partial charge is 0.673 e. The summed E-state index contributed by atoms with van der Waals surface area (Å²) in [5, 5.41) is 5.73. The van der Waals surface area contributed by atoms with Gasteiger partial charge in [-0.15, -0.1) is 0 Å². The summed E-state index contributed by atoms with van der Waals surface area (Å²) in [5.41, 5.74) is 0. The lowest BCUT2D eigenvalue weighted by Gasteiger charge is -2.06. The molecule has 2 N–H and O–H groups in total. The molecule has 0 aromatic rings. The monoisotopic (exact) mass is 315 g/mol. The number of carbonyl (C=O) groups excluding carboxylic acids is 1. The van der Waals surface area contributed by atoms with Crippen molar-refractivity contribution in [3.8, 4) is 0 Å². The maximum Gasteiger partial charge on any atom is 0.673 e. The van der Waals surface area contributed by atoms with E-state index >= 15 is 0 Å². The fourth-order valence-electron chi connectivity index (χ4n) is 1.55. The van der Waals surface area contributed by atoms with Gasteiger partial charge in [-0.25, -0.2) is 4.79 Å². The molecule has 0 heterocycles. The number of hydrogen-bond donors (Lipinski definition) is 2. The van der Waals surface area contributed by atoms with Crippen molar-refractivity contribution in [2.24, 2.45) is 0 Å². The van der Waals surface area contributed by atoms with Gasteiger partial charge >= 0.3 is 13.3 Å². The minimum Gasteiger partial charge on any atom is -0.418 e. The van der Waals surface area contributed by atoms with Crippen molar-refractivity contribution in [1.82, 2.24) is 10.6 Å². The van der Waals surface area contributed by atoms with Crippen LogP contribution in [0.15, 0.2) is 0 Å². The van der Waals surface area contributed by atoms with Crippen LogP contribution in [0.5, 0.6) is 0 Å². The van der Waals surface area contributed by atoms with Crippen LogP contribution in [0.25, 0.3) is 0 Å². The van der Waals surface area contributed by atoms with E-state index < -0.39 is 7.25 Å². The summed E-state index contributed by atoms with van der Waals surface area (Å²) in [6, 6.07) is -0.0120. The van der Waals surface area contributed by atoms with Gasteiger partial charge in [0, 0.05) is 13.1 Å². The second kappa shape index (κ2) is 15.4. The van der Waals surface area contributed by atoms with Crippen molar-refractivity contribution in [1.29, 1.82) is 0 Å². The van der Waals surface area contributed by atoms with E-state index in [2.05, 4.69) is 24.5 Å². The molecule has 0 fully saturated rings. The molecule has 0 unspecified atom stereocenters. The van der Waals surface area contributed by atoms with Gasteiger partial charge in [-0.3, -0.25) is 0 Å². The third kappa shape index (κ3) is 32.5. The van der Waals surface area contributed by atoms with Crippen LogP contribution in [0.4, 0.5) is 22.1 Å². The van der Waals surface area contributed by atoms with Gasteiger partial charge in [0.2, 0.25) is 0 Å². The molecule has 21 heavy (non-hydrogen) atoms. The Morgan fingerprint density at radius 3 is 1.62 bits per heavy atom. The van der Waals surface area contributed by atoms with Crippen molar-refractivity contribution >= 4 is 13.3 Å². The van der Waals surface area contributed by atoms with Crippen LogP contribution in [0, 0.1) is 0 Å². The minimum atomic E-state index is -6.00. The predicted molar refractivity (Wildman–Crippen MR) is 79.9 cm³/mol. The summed E-state index contributed by atoms with van der Waals surface area (Å²) in [7, 11) is -6.00. The lowest BCUT2D eigenvalue weighted by atomic mass is 10.1. The second-order valence-corrected chi connectivity index (χ2v) is 4.80. The number of nitrogens with one attached hydrogen (secondary N) is 2. The van der Waals surface area contributed by atoms with Crippen LogP contribution in [-0.4, -0.2) is 26.4 Å². The molecule has 0 aliphatic carbocycles. The number of halogens is 4. The Hall–Kier alpha value is -0.945. The average molecular weight is 315 g/mol. The molecule has 128 valence electrons. The number of amides is 2. The fourth-order valence-corrected chi connectivity index (χ4v) is 1.55. The number of carbonyl (C=O) groups is 1. The summed E-state index contributed by atoms with van der Waals surface area (Å²) in [4.78, 5) is 11.2. The summed E-state index contributed by atoms with van der Waals surface area (Å²) < 4.78 is 39.0. The number of unbranched alkanes of at least 4 members (excludes halogenated alkanes) is 6. The van der Waals surface area contributed by atoms with Gasteiger partial charge < -0.3 is 27.9 Å². The fraction of sp³-hybridized carbons (Fsp3) is 0.923. The molecule has 2 amide bonds. The minimum absolute atomic E-state index is 0.0120. The Bertz CT molecular complexity index is 235. The molecule has 8 heteroatoms. The molecular weight excluding hydrogens is 287 g/mol. The summed E-state index contributed by atoms with van der Waals surface area (Å²) in [5.74, 6) is 0. The van der Waals surface area contributed by atoms with Crippen LogP contribution in [0.1, 0.15) is 65.2 Å². The number of rotatable bonds is 10. The Morgan fingerprint density at radius 2 is 1.14 bits per heavy atom. The van der Waals surface area contributed by atoms with E-state index in [1.165, 1.54) is 32.1 Å². The molecule has 0 aliphatic rings. The van der Waals surface area contributed by atoms with Crippen molar-refractivity contribution in [3.05, 3.63) is 0 Å². The zero-order valence-corrected chi connectivity index (χ0v) is 13.1. The first-order chi connectivity index (χ1) is 9.81. The van der Waals surface area contributed by atoms with Gasteiger partial charge in [-0.05, 0) is 12.8 Å². The SMILES string of the molecule is CCCCCCCCNC(=O)NCCCC.F[B-](F)(F)F. The third-order valence-electron chi connectivity index (χ3n) is 2.63. The number of hydrogen-bond acceptors (Lipinski definition) is 1. The number of urea groups is 1. The molecule has 0 aromatic carbocycles. The van der Waals surface area contributed by atoms with E-state index in [-0.39, 0.29) is 6.03 Å². The highest BCUT2D eigenvalue weighted by Crippen LogP contribution is 2.06. The van der Waals surface area contributed by atoms with E-state index in [0.717, 1.165) is 32.4 Å². The van der Waals surface area contributed by atoms with Gasteiger partial charge in [0.15, 0.2) is 0 Å². The quantitative estimate of drug-likeness (QED) is 0.341. The molecule has 0 saturated carbocycles. The van der Waals surface area contributed by atoms with Crippen molar-refractivity contribution < 1.29 is 22.1 Å². The maximum atomic E-state index is 11.2. The lowest BCUT2D eigenvalue weighted by Crippen LogP contribution is -2.36. The first-order valence-corrected chi connectivity index (χ1v) is 7.70. The molecular formula is C13H28BF4N2O-. The Balaban J connectivity index is 0. The van der Waals surface area contributed by atoms with E-state index in [1.54, 1.807) is 0 Å². The molecule has 0 aromatic heterocycles. The molecule has 0 atom stereocenters. The highest BCUT2D eigenvalue weighted by Gasteiger charge is 2.20. The van der Waals surface area contributed by atoms with Crippen LogP contribution >= 0.6 is 0 Å².